The molecule has 6 nitrogen and oxygen atoms in total. The molecule has 0 aliphatic heterocycles. The Morgan fingerprint density at radius 3 is 0.837 bits per heavy atom. The number of allylic oxidation sites excluding steroid dienone is 7. The number of aliphatic hydroxyl groups is 2. The molecule has 0 heterocycles. The summed E-state index contributed by atoms with van der Waals surface area (Å²) in [5, 5.41) is 23.3. The number of hydrogen-bond donors (Lipinski definition) is 3. The van der Waals surface area contributed by atoms with Gasteiger partial charge in [-0.1, -0.05) is 409 Å². The lowest BCUT2D eigenvalue weighted by Crippen LogP contribution is -2.45. The molecule has 0 rings (SSSR count). The van der Waals surface area contributed by atoms with Crippen molar-refractivity contribution in [3.8, 4) is 0 Å². The van der Waals surface area contributed by atoms with Gasteiger partial charge >= 0.3 is 5.97 Å². The van der Waals surface area contributed by atoms with Crippen molar-refractivity contribution in [3.63, 3.8) is 0 Å². The van der Waals surface area contributed by atoms with Gasteiger partial charge in [0.1, 0.15) is 0 Å². The van der Waals surface area contributed by atoms with Crippen LogP contribution in [0.15, 0.2) is 48.6 Å². The number of carbonyl (C=O) groups is 2. The number of nitrogens with one attached hydrogen (secondary N) is 1. The van der Waals surface area contributed by atoms with Crippen LogP contribution in [0.4, 0.5) is 0 Å². The summed E-state index contributed by atoms with van der Waals surface area (Å²) in [6, 6.07) is -0.629. The summed E-state index contributed by atoms with van der Waals surface area (Å²) < 4.78 is 5.51. The van der Waals surface area contributed by atoms with Crippen LogP contribution in [-0.2, 0) is 14.3 Å². The van der Waals surface area contributed by atoms with Gasteiger partial charge in [-0.25, -0.2) is 0 Å². The normalized spacial score (nSPS) is 12.7. The van der Waals surface area contributed by atoms with E-state index in [0.717, 1.165) is 51.4 Å². The third-order valence-electron chi connectivity index (χ3n) is 19.6. The molecule has 0 aliphatic rings. The molecule has 0 fully saturated rings. The van der Waals surface area contributed by atoms with Crippen LogP contribution in [0.3, 0.4) is 0 Å². The van der Waals surface area contributed by atoms with E-state index in [1.165, 1.54) is 385 Å². The van der Waals surface area contributed by atoms with Gasteiger partial charge in [-0.3, -0.25) is 9.59 Å². The quantitative estimate of drug-likeness (QED) is 0.0320. The first-order valence-electron chi connectivity index (χ1n) is 41.9. The molecule has 0 aromatic heterocycles. The molecule has 0 aromatic rings. The van der Waals surface area contributed by atoms with Gasteiger partial charge in [0.25, 0.3) is 0 Å². The molecule has 0 aliphatic carbocycles. The van der Waals surface area contributed by atoms with Crippen LogP contribution in [-0.4, -0.2) is 47.4 Å². The number of aliphatic hydroxyl groups excluding tert-OH is 2. The Kier molecular flexibility index (Phi) is 79.3. The lowest BCUT2D eigenvalue weighted by atomic mass is 10.0. The van der Waals surface area contributed by atoms with Gasteiger partial charge in [0.15, 0.2) is 0 Å². The van der Waals surface area contributed by atoms with Crippen molar-refractivity contribution in [1.82, 2.24) is 5.32 Å². The monoisotopic (exact) mass is 1290 g/mol. The predicted octanol–water partition coefficient (Wildman–Crippen LogP) is 27.9. The van der Waals surface area contributed by atoms with Crippen molar-refractivity contribution in [2.45, 2.75) is 475 Å². The van der Waals surface area contributed by atoms with Gasteiger partial charge in [0.05, 0.1) is 25.4 Å². The van der Waals surface area contributed by atoms with E-state index < -0.39 is 12.1 Å². The molecule has 0 aromatic carbocycles. The first kappa shape index (κ1) is 89.8. The van der Waals surface area contributed by atoms with Crippen molar-refractivity contribution in [2.24, 2.45) is 0 Å². The van der Waals surface area contributed by atoms with Crippen LogP contribution in [0.5, 0.6) is 0 Å². The van der Waals surface area contributed by atoms with E-state index in [0.29, 0.717) is 19.4 Å². The maximum atomic E-state index is 12.6. The summed E-state index contributed by atoms with van der Waals surface area (Å²) in [7, 11) is 0. The van der Waals surface area contributed by atoms with Gasteiger partial charge in [-0.2, -0.15) is 0 Å². The molecule has 3 N–H and O–H groups in total. The van der Waals surface area contributed by atoms with Gasteiger partial charge < -0.3 is 20.3 Å². The Morgan fingerprint density at radius 1 is 0.304 bits per heavy atom. The SMILES string of the molecule is CCCCCCCC/C=C\CCCCCCCCCCCC(=O)OCCCCCCCCCCC/C=C\C/C=C\CCCCCCCCCCCCCCCCCCCC(=O)NC(CO)C(O)/C=C/CCCCCCCCCCCCCCCCCCCCCCC. The van der Waals surface area contributed by atoms with Crippen LogP contribution in [0.25, 0.3) is 0 Å². The highest BCUT2D eigenvalue weighted by atomic mass is 16.5. The zero-order valence-corrected chi connectivity index (χ0v) is 62.3. The highest BCUT2D eigenvalue weighted by Crippen LogP contribution is 2.20. The summed E-state index contributed by atoms with van der Waals surface area (Å²) >= 11 is 0. The standard InChI is InChI=1S/C86H163NO5/c1-3-5-7-9-11-13-15-17-19-21-23-24-36-39-43-46-50-54-58-62-66-70-74-78-84(89)83(82-88)87-85(90)79-75-71-67-63-59-55-51-47-44-40-37-34-32-30-28-26-25-27-29-31-33-35-38-41-45-49-53-57-61-65-69-73-77-81-92-86(91)80-76-72-68-64-60-56-52-48-42-22-20-18-16-14-12-10-8-6-4-2/h18,20,29,31,35,38,74,78,83-84,88-89H,3-17,19,21-28,30,32-34,36-37,39-73,75-77,79-82H2,1-2H3,(H,87,90)/b20-18-,31-29-,38-35-,78-74+. The molecule has 92 heavy (non-hydrogen) atoms. The van der Waals surface area contributed by atoms with E-state index in [1.807, 2.05) is 6.08 Å². The molecular formula is C86H163NO5. The van der Waals surface area contributed by atoms with Crippen LogP contribution in [0.2, 0.25) is 0 Å². The minimum absolute atomic E-state index is 0.0143. The summed E-state index contributed by atoms with van der Waals surface area (Å²) in [4.78, 5) is 24.7. The number of carbonyl (C=O) groups excluding carboxylic acids is 2. The zero-order chi connectivity index (χ0) is 66.3. The van der Waals surface area contributed by atoms with Gasteiger partial charge in [-0.05, 0) is 89.9 Å². The number of esters is 1. The van der Waals surface area contributed by atoms with Crippen molar-refractivity contribution < 1.29 is 24.5 Å². The van der Waals surface area contributed by atoms with Crippen molar-refractivity contribution in [1.29, 1.82) is 0 Å². The van der Waals surface area contributed by atoms with E-state index in [9.17, 15) is 19.8 Å². The molecule has 1 amide bonds. The van der Waals surface area contributed by atoms with Crippen LogP contribution < -0.4 is 5.32 Å². The lowest BCUT2D eigenvalue weighted by Gasteiger charge is -2.20. The van der Waals surface area contributed by atoms with E-state index >= 15 is 0 Å². The molecule has 0 radical (unpaired) electrons. The Hall–Kier alpha value is -2.18. The molecule has 0 saturated carbocycles. The average molecular weight is 1290 g/mol. The maximum absolute atomic E-state index is 12.6. The first-order valence-corrected chi connectivity index (χ1v) is 41.9. The third-order valence-corrected chi connectivity index (χ3v) is 19.6. The highest BCUT2D eigenvalue weighted by Gasteiger charge is 2.18. The Labute approximate surface area is 576 Å². The largest absolute Gasteiger partial charge is 0.466 e. The van der Waals surface area contributed by atoms with Crippen molar-refractivity contribution >= 4 is 11.9 Å². The molecule has 2 unspecified atom stereocenters. The minimum atomic E-state index is -0.845. The highest BCUT2D eigenvalue weighted by molar-refractivity contribution is 5.76. The molecule has 2 atom stereocenters. The number of ether oxygens (including phenoxy) is 1. The maximum Gasteiger partial charge on any atom is 0.305 e. The fourth-order valence-corrected chi connectivity index (χ4v) is 13.2. The molecule has 0 spiro atoms. The topological polar surface area (TPSA) is 95.9 Å². The van der Waals surface area contributed by atoms with Crippen LogP contribution in [0, 0.1) is 0 Å². The van der Waals surface area contributed by atoms with Crippen LogP contribution >= 0.6 is 0 Å². The number of hydrogen-bond acceptors (Lipinski definition) is 5. The van der Waals surface area contributed by atoms with E-state index in [4.69, 9.17) is 4.74 Å². The number of amides is 1. The smallest absolute Gasteiger partial charge is 0.305 e. The summed E-state index contributed by atoms with van der Waals surface area (Å²) in [5.41, 5.74) is 0. The van der Waals surface area contributed by atoms with E-state index in [1.54, 1.807) is 6.08 Å². The zero-order valence-electron chi connectivity index (χ0n) is 62.3. The molecular weight excluding hydrogens is 1130 g/mol. The van der Waals surface area contributed by atoms with Gasteiger partial charge in [0.2, 0.25) is 5.91 Å². The Balaban J connectivity index is 3.39. The summed E-state index contributed by atoms with van der Waals surface area (Å²) in [6.45, 7) is 4.95. The molecule has 0 bridgehead atoms. The van der Waals surface area contributed by atoms with E-state index in [-0.39, 0.29) is 18.5 Å². The van der Waals surface area contributed by atoms with Crippen molar-refractivity contribution in [2.75, 3.05) is 13.2 Å². The first-order chi connectivity index (χ1) is 45.5. The fraction of sp³-hybridized carbons (Fsp3) is 0.884. The Morgan fingerprint density at radius 2 is 0.543 bits per heavy atom. The second-order valence-corrected chi connectivity index (χ2v) is 28.8. The summed E-state index contributed by atoms with van der Waals surface area (Å²) in [5.74, 6) is -0.0471. The number of rotatable bonds is 79. The van der Waals surface area contributed by atoms with E-state index in [2.05, 4.69) is 55.6 Å². The minimum Gasteiger partial charge on any atom is -0.466 e. The van der Waals surface area contributed by atoms with Gasteiger partial charge in [0, 0.05) is 12.8 Å². The predicted molar refractivity (Wildman–Crippen MR) is 407 cm³/mol. The molecule has 542 valence electrons. The number of unbranched alkanes of at least 4 members (excludes halogenated alkanes) is 62. The summed E-state index contributed by atoms with van der Waals surface area (Å²) in [6.07, 6.45) is 108. The average Bonchev–Trinajstić information content (AvgIpc) is 3.60. The second-order valence-electron chi connectivity index (χ2n) is 28.8. The van der Waals surface area contributed by atoms with Crippen molar-refractivity contribution in [3.05, 3.63) is 48.6 Å². The lowest BCUT2D eigenvalue weighted by molar-refractivity contribution is -0.143. The third kappa shape index (κ3) is 76.8. The Bertz CT molecular complexity index is 1540. The molecule has 0 saturated heterocycles. The fourth-order valence-electron chi connectivity index (χ4n) is 13.2. The second kappa shape index (κ2) is 81.2. The molecule has 6 heteroatoms. The van der Waals surface area contributed by atoms with Gasteiger partial charge in [-0.15, -0.1) is 0 Å². The van der Waals surface area contributed by atoms with Crippen LogP contribution in [0.1, 0.15) is 463 Å².